The molecule has 2 fully saturated rings. The zero-order valence-corrected chi connectivity index (χ0v) is 15.9. The molecule has 0 spiro atoms. The van der Waals surface area contributed by atoms with Gasteiger partial charge in [-0.3, -0.25) is 0 Å². The molecular weight excluding hydrogens is 308 g/mol. The number of likely N-dealkylation sites (N-methyl/N-ethyl adjacent to an activating group) is 1. The van der Waals surface area contributed by atoms with Crippen LogP contribution < -0.4 is 5.32 Å². The van der Waals surface area contributed by atoms with Gasteiger partial charge in [-0.2, -0.15) is 11.8 Å². The molecule has 2 heterocycles. The van der Waals surface area contributed by atoms with Gasteiger partial charge in [-0.05, 0) is 38.5 Å². The summed E-state index contributed by atoms with van der Waals surface area (Å²) < 4.78 is 0. The highest BCUT2D eigenvalue weighted by Crippen LogP contribution is 2.19. The molecule has 0 bridgehead atoms. The molecule has 1 N–H and O–H groups in total. The molecule has 0 saturated carbocycles. The number of thioether (sulfide) groups is 1. The lowest BCUT2D eigenvalue weighted by Crippen LogP contribution is -2.50. The fourth-order valence-electron chi connectivity index (χ4n) is 3.44. The Morgan fingerprint density at radius 3 is 2.39 bits per heavy atom. The number of rotatable bonds is 6. The molecule has 2 aliphatic rings. The number of piperidine rings is 1. The number of hydrogen-bond acceptors (Lipinski definition) is 4. The zero-order valence-electron chi connectivity index (χ0n) is 15.1. The molecular formula is C17H34N4OS. The van der Waals surface area contributed by atoms with E-state index in [4.69, 9.17) is 0 Å². The molecule has 2 rings (SSSR count). The van der Waals surface area contributed by atoms with E-state index in [2.05, 4.69) is 35.3 Å². The topological polar surface area (TPSA) is 38.8 Å². The lowest BCUT2D eigenvalue weighted by molar-refractivity contribution is 0.110. The van der Waals surface area contributed by atoms with Gasteiger partial charge in [-0.1, -0.05) is 6.92 Å². The first kappa shape index (κ1) is 18.9. The Labute approximate surface area is 146 Å². The average Bonchev–Trinajstić information content (AvgIpc) is 2.57. The molecule has 0 radical (unpaired) electrons. The molecule has 2 saturated heterocycles. The van der Waals surface area contributed by atoms with E-state index in [-0.39, 0.29) is 6.03 Å². The number of urea groups is 1. The highest BCUT2D eigenvalue weighted by Gasteiger charge is 2.26. The molecule has 6 heteroatoms. The third-order valence-corrected chi connectivity index (χ3v) is 5.94. The van der Waals surface area contributed by atoms with Crippen LogP contribution in [0.25, 0.3) is 0 Å². The Bertz CT molecular complexity index is 353. The molecule has 23 heavy (non-hydrogen) atoms. The predicted molar refractivity (Wildman–Crippen MR) is 99.2 cm³/mol. The van der Waals surface area contributed by atoms with Crippen LogP contribution in [0.4, 0.5) is 4.79 Å². The van der Waals surface area contributed by atoms with Crippen LogP contribution in [0.2, 0.25) is 0 Å². The van der Waals surface area contributed by atoms with Gasteiger partial charge in [0.25, 0.3) is 0 Å². The number of carbonyl (C=O) groups excluding carboxylic acids is 1. The van der Waals surface area contributed by atoms with Crippen molar-refractivity contribution in [2.75, 3.05) is 64.9 Å². The van der Waals surface area contributed by atoms with Crippen molar-refractivity contribution in [2.45, 2.75) is 32.2 Å². The minimum atomic E-state index is 0.143. The zero-order chi connectivity index (χ0) is 16.7. The van der Waals surface area contributed by atoms with Crippen LogP contribution >= 0.6 is 11.8 Å². The van der Waals surface area contributed by atoms with E-state index in [1.807, 2.05) is 4.90 Å². The van der Waals surface area contributed by atoms with Gasteiger partial charge >= 0.3 is 6.03 Å². The van der Waals surface area contributed by atoms with E-state index < -0.39 is 0 Å². The molecule has 5 nitrogen and oxygen atoms in total. The number of nitrogens with one attached hydrogen (secondary N) is 1. The fraction of sp³-hybridized carbons (Fsp3) is 0.941. The monoisotopic (exact) mass is 342 g/mol. The molecule has 0 aromatic heterocycles. The van der Waals surface area contributed by atoms with E-state index in [9.17, 15) is 4.79 Å². The van der Waals surface area contributed by atoms with Gasteiger partial charge in [-0.15, -0.1) is 0 Å². The Morgan fingerprint density at radius 1 is 1.17 bits per heavy atom. The Morgan fingerprint density at radius 2 is 1.83 bits per heavy atom. The number of amides is 2. The molecule has 2 aliphatic heterocycles. The standard InChI is InChI=1S/C17H34N4OS/c1-4-16(14-23-3)18-17(22)21-7-5-15(6-8-21)13-20-11-9-19(2)10-12-20/h15-16H,4-14H2,1-3H3,(H,18,22)/t16-/m1/s1. The third-order valence-electron chi connectivity index (χ3n) is 5.20. The van der Waals surface area contributed by atoms with Crippen LogP contribution in [0.5, 0.6) is 0 Å². The van der Waals surface area contributed by atoms with E-state index in [1.54, 1.807) is 11.8 Å². The highest BCUT2D eigenvalue weighted by atomic mass is 32.2. The lowest BCUT2D eigenvalue weighted by atomic mass is 9.96. The number of carbonyl (C=O) groups is 1. The van der Waals surface area contributed by atoms with Crippen molar-refractivity contribution in [3.63, 3.8) is 0 Å². The normalized spacial score (nSPS) is 23.0. The number of hydrogen-bond donors (Lipinski definition) is 1. The molecule has 0 aromatic carbocycles. The molecule has 1 atom stereocenters. The first-order chi connectivity index (χ1) is 11.1. The quantitative estimate of drug-likeness (QED) is 0.799. The number of nitrogens with zero attached hydrogens (tertiary/aromatic N) is 3. The molecule has 2 amide bonds. The summed E-state index contributed by atoms with van der Waals surface area (Å²) in [6.07, 6.45) is 5.41. The van der Waals surface area contributed by atoms with Crippen LogP contribution in [-0.4, -0.2) is 91.6 Å². The average molecular weight is 343 g/mol. The van der Waals surface area contributed by atoms with Crippen molar-refractivity contribution in [3.8, 4) is 0 Å². The summed E-state index contributed by atoms with van der Waals surface area (Å²) in [6, 6.07) is 0.449. The number of piperazine rings is 1. The van der Waals surface area contributed by atoms with Crippen LogP contribution in [0.3, 0.4) is 0 Å². The highest BCUT2D eigenvalue weighted by molar-refractivity contribution is 7.98. The first-order valence-electron chi connectivity index (χ1n) is 9.07. The van der Waals surface area contributed by atoms with Gasteiger partial charge < -0.3 is 20.0 Å². The van der Waals surface area contributed by atoms with E-state index in [0.717, 1.165) is 44.0 Å². The second kappa shape index (κ2) is 9.74. The van der Waals surface area contributed by atoms with Crippen LogP contribution in [0.1, 0.15) is 26.2 Å². The van der Waals surface area contributed by atoms with Gasteiger partial charge in [-0.25, -0.2) is 4.79 Å². The fourth-order valence-corrected chi connectivity index (χ4v) is 4.16. The Kier molecular flexibility index (Phi) is 7.99. The van der Waals surface area contributed by atoms with Crippen molar-refractivity contribution in [1.82, 2.24) is 20.0 Å². The lowest BCUT2D eigenvalue weighted by Gasteiger charge is -2.38. The summed E-state index contributed by atoms with van der Waals surface area (Å²) >= 11 is 1.80. The first-order valence-corrected chi connectivity index (χ1v) is 10.5. The second-order valence-corrected chi connectivity index (χ2v) is 7.95. The van der Waals surface area contributed by atoms with E-state index >= 15 is 0 Å². The summed E-state index contributed by atoms with van der Waals surface area (Å²) in [7, 11) is 2.20. The van der Waals surface area contributed by atoms with Crippen molar-refractivity contribution in [3.05, 3.63) is 0 Å². The third kappa shape index (κ3) is 6.16. The molecule has 0 unspecified atom stereocenters. The maximum Gasteiger partial charge on any atom is 0.317 e. The molecule has 0 aliphatic carbocycles. The predicted octanol–water partition coefficient (Wildman–Crippen LogP) is 1.80. The molecule has 134 valence electrons. The van der Waals surface area contributed by atoms with E-state index in [1.165, 1.54) is 32.7 Å². The van der Waals surface area contributed by atoms with Gasteiger partial charge in [0.2, 0.25) is 0 Å². The largest absolute Gasteiger partial charge is 0.334 e. The van der Waals surface area contributed by atoms with Gasteiger partial charge in [0.05, 0.1) is 0 Å². The van der Waals surface area contributed by atoms with Crippen LogP contribution in [0, 0.1) is 5.92 Å². The van der Waals surface area contributed by atoms with Crippen molar-refractivity contribution >= 4 is 17.8 Å². The summed E-state index contributed by atoms with van der Waals surface area (Å²) in [4.78, 5) is 19.4. The summed E-state index contributed by atoms with van der Waals surface area (Å²) in [6.45, 7) is 9.97. The summed E-state index contributed by atoms with van der Waals surface area (Å²) in [5.74, 6) is 1.76. The van der Waals surface area contributed by atoms with Gasteiger partial charge in [0, 0.05) is 57.6 Å². The van der Waals surface area contributed by atoms with Gasteiger partial charge in [0.15, 0.2) is 0 Å². The van der Waals surface area contributed by atoms with Crippen LogP contribution in [-0.2, 0) is 0 Å². The Balaban J connectivity index is 1.67. The Hall–Kier alpha value is -0.460. The van der Waals surface area contributed by atoms with Crippen molar-refractivity contribution in [2.24, 2.45) is 5.92 Å². The summed E-state index contributed by atoms with van der Waals surface area (Å²) in [5, 5.41) is 3.19. The van der Waals surface area contributed by atoms with Crippen molar-refractivity contribution in [1.29, 1.82) is 0 Å². The second-order valence-electron chi connectivity index (χ2n) is 7.04. The SMILES string of the molecule is CC[C@H](CSC)NC(=O)N1CCC(CN2CCN(C)CC2)CC1. The minimum absolute atomic E-state index is 0.143. The summed E-state index contributed by atoms with van der Waals surface area (Å²) in [5.41, 5.74) is 0. The molecule has 0 aromatic rings. The smallest absolute Gasteiger partial charge is 0.317 e. The maximum absolute atomic E-state index is 12.4. The van der Waals surface area contributed by atoms with E-state index in [0.29, 0.717) is 6.04 Å². The van der Waals surface area contributed by atoms with Crippen molar-refractivity contribution < 1.29 is 4.79 Å². The van der Waals surface area contributed by atoms with Gasteiger partial charge in [0.1, 0.15) is 0 Å². The minimum Gasteiger partial charge on any atom is -0.334 e. The maximum atomic E-state index is 12.4. The number of likely N-dealkylation sites (tertiary alicyclic amines) is 1. The van der Waals surface area contributed by atoms with Crippen LogP contribution in [0.15, 0.2) is 0 Å².